The van der Waals surface area contributed by atoms with Gasteiger partial charge in [-0.05, 0) is 80.3 Å². The van der Waals surface area contributed by atoms with Gasteiger partial charge in [-0.15, -0.1) is 0 Å². The Morgan fingerprint density at radius 1 is 0.900 bits per heavy atom. The van der Waals surface area contributed by atoms with Crippen molar-refractivity contribution in [2.24, 2.45) is 29.1 Å². The molecular formula is C38H35ClFN3O7. The van der Waals surface area contributed by atoms with Crippen molar-refractivity contribution in [3.63, 3.8) is 0 Å². The van der Waals surface area contributed by atoms with Crippen LogP contribution in [0.3, 0.4) is 0 Å². The van der Waals surface area contributed by atoms with Gasteiger partial charge >= 0.3 is 0 Å². The number of amides is 4. The molecule has 10 nitrogen and oxygen atoms in total. The number of aromatic hydroxyl groups is 1. The van der Waals surface area contributed by atoms with Crippen molar-refractivity contribution in [2.75, 3.05) is 48.1 Å². The van der Waals surface area contributed by atoms with E-state index >= 15 is 0 Å². The number of carbonyl (C=O) groups is 4. The second kappa shape index (κ2) is 11.9. The number of ether oxygens (including phenoxy) is 2. The lowest BCUT2D eigenvalue weighted by molar-refractivity contribution is -0.131. The lowest BCUT2D eigenvalue weighted by Crippen LogP contribution is -2.49. The number of imide groups is 2. The highest BCUT2D eigenvalue weighted by Crippen LogP contribution is 2.65. The van der Waals surface area contributed by atoms with Gasteiger partial charge < -0.3 is 19.5 Å². The third-order valence-electron chi connectivity index (χ3n) is 11.5. The van der Waals surface area contributed by atoms with E-state index in [1.807, 2.05) is 18.2 Å². The van der Waals surface area contributed by atoms with Gasteiger partial charge in [-0.2, -0.15) is 0 Å². The molecule has 1 N–H and O–H groups in total. The summed E-state index contributed by atoms with van der Waals surface area (Å²) in [7, 11) is 1.46. The van der Waals surface area contributed by atoms with E-state index in [9.17, 15) is 28.7 Å². The Bertz CT molecular complexity index is 1980. The van der Waals surface area contributed by atoms with Crippen LogP contribution < -0.4 is 19.4 Å². The number of carbonyl (C=O) groups excluding carboxylic acids is 4. The maximum absolute atomic E-state index is 14.6. The van der Waals surface area contributed by atoms with Crippen molar-refractivity contribution < 1.29 is 38.1 Å². The summed E-state index contributed by atoms with van der Waals surface area (Å²) in [6.07, 6.45) is 2.28. The minimum Gasteiger partial charge on any atom is -0.508 e. The molecule has 258 valence electrons. The van der Waals surface area contributed by atoms with Gasteiger partial charge in [-0.3, -0.25) is 24.1 Å². The number of morpholine rings is 1. The molecule has 3 aromatic rings. The predicted octanol–water partition coefficient (Wildman–Crippen LogP) is 5.47. The highest BCUT2D eigenvalue weighted by molar-refractivity contribution is 6.32. The normalized spacial score (nSPS) is 29.2. The molecule has 3 aliphatic heterocycles. The lowest BCUT2D eigenvalue weighted by Gasteiger charge is -2.49. The van der Waals surface area contributed by atoms with Gasteiger partial charge in [0.25, 0.3) is 0 Å². The second-order valence-electron chi connectivity index (χ2n) is 13.8. The van der Waals surface area contributed by atoms with Crippen molar-refractivity contribution in [3.8, 4) is 11.5 Å². The van der Waals surface area contributed by atoms with Crippen molar-refractivity contribution in [1.29, 1.82) is 0 Å². The smallest absolute Gasteiger partial charge is 0.241 e. The van der Waals surface area contributed by atoms with E-state index in [1.54, 1.807) is 31.2 Å². The Morgan fingerprint density at radius 2 is 1.60 bits per heavy atom. The van der Waals surface area contributed by atoms with Crippen LogP contribution >= 0.6 is 11.6 Å². The molecule has 5 aliphatic rings. The Morgan fingerprint density at radius 3 is 2.30 bits per heavy atom. The topological polar surface area (TPSA) is 117 Å². The number of halogens is 2. The summed E-state index contributed by atoms with van der Waals surface area (Å²) < 4.78 is 25.4. The van der Waals surface area contributed by atoms with Gasteiger partial charge in [0.15, 0.2) is 0 Å². The number of nitrogens with zero attached hydrogens (tertiary/aromatic N) is 3. The standard InChI is InChI=1S/C38H35ClFN3O7/c1-38-26(35(46)43(37(38)48)22-10-13-28(40)27(39)18-22)19-25-23(33(38)32-29(44)4-3-5-30(32)49-2)11-12-24-31(25)36(47)42(34(24)45)21-8-6-20(7-9-21)41-14-16-50-17-15-41/h3-11,13,18,24-26,31,33,44H,12,14-17,19H2,1-2H3. The number of phenolic OH excluding ortho intramolecular Hbond substituents is 1. The molecule has 6 atom stereocenters. The molecule has 6 unspecified atom stereocenters. The molecule has 0 aromatic heterocycles. The van der Waals surface area contributed by atoms with Gasteiger partial charge in [0, 0.05) is 30.3 Å². The molecular weight excluding hydrogens is 665 g/mol. The largest absolute Gasteiger partial charge is 0.508 e. The van der Waals surface area contributed by atoms with Gasteiger partial charge in [-0.25, -0.2) is 9.29 Å². The van der Waals surface area contributed by atoms with Gasteiger partial charge in [0.1, 0.15) is 17.3 Å². The van der Waals surface area contributed by atoms with E-state index < -0.39 is 52.6 Å². The summed E-state index contributed by atoms with van der Waals surface area (Å²) in [4.78, 5) is 62.0. The zero-order valence-electron chi connectivity index (χ0n) is 27.5. The van der Waals surface area contributed by atoms with Gasteiger partial charge in [-0.1, -0.05) is 29.3 Å². The van der Waals surface area contributed by atoms with Crippen LogP contribution in [0.4, 0.5) is 21.5 Å². The molecule has 50 heavy (non-hydrogen) atoms. The fourth-order valence-electron chi connectivity index (χ4n) is 9.08. The van der Waals surface area contributed by atoms with E-state index in [0.29, 0.717) is 35.8 Å². The lowest BCUT2D eigenvalue weighted by atomic mass is 9.51. The molecule has 12 heteroatoms. The first-order valence-electron chi connectivity index (χ1n) is 16.8. The molecule has 8 rings (SSSR count). The quantitative estimate of drug-likeness (QED) is 0.276. The number of hydrogen-bond acceptors (Lipinski definition) is 8. The van der Waals surface area contributed by atoms with Gasteiger partial charge in [0.05, 0.1) is 59.9 Å². The summed E-state index contributed by atoms with van der Waals surface area (Å²) >= 11 is 6.10. The molecule has 2 aliphatic carbocycles. The molecule has 4 amide bonds. The van der Waals surface area contributed by atoms with Crippen molar-refractivity contribution >= 4 is 52.3 Å². The number of benzene rings is 3. The summed E-state index contributed by atoms with van der Waals surface area (Å²) in [5.74, 6) is -6.11. The van der Waals surface area contributed by atoms with E-state index in [-0.39, 0.29) is 41.1 Å². The van der Waals surface area contributed by atoms with Crippen molar-refractivity contribution in [3.05, 3.63) is 88.7 Å². The van der Waals surface area contributed by atoms with E-state index in [0.717, 1.165) is 29.7 Å². The Kier molecular flexibility index (Phi) is 7.76. The van der Waals surface area contributed by atoms with Gasteiger partial charge in [0.2, 0.25) is 23.6 Å². The number of methoxy groups -OCH3 is 1. The molecule has 3 heterocycles. The minimum atomic E-state index is -1.43. The van der Waals surface area contributed by atoms with Crippen LogP contribution in [0.15, 0.2) is 72.3 Å². The number of anilines is 3. The summed E-state index contributed by atoms with van der Waals surface area (Å²) in [6, 6.07) is 15.8. The molecule has 0 spiro atoms. The number of allylic oxidation sites excluding steroid dienone is 2. The SMILES string of the molecule is COc1cccc(O)c1C1C2=CCC3C(=O)N(c4ccc(N5CCOCC5)cc4)C(=O)C3C2CC2C(=O)N(c3ccc(F)c(Cl)c3)C(=O)C21C. The van der Waals surface area contributed by atoms with E-state index in [4.69, 9.17) is 21.1 Å². The van der Waals surface area contributed by atoms with Crippen molar-refractivity contribution in [2.45, 2.75) is 25.7 Å². The van der Waals surface area contributed by atoms with Crippen LogP contribution in [0.1, 0.15) is 31.2 Å². The third kappa shape index (κ3) is 4.62. The van der Waals surface area contributed by atoms with Crippen LogP contribution in [-0.2, 0) is 23.9 Å². The zero-order chi connectivity index (χ0) is 35.1. The zero-order valence-corrected chi connectivity index (χ0v) is 28.2. The average Bonchev–Trinajstić information content (AvgIpc) is 3.49. The first kappa shape index (κ1) is 32.5. The molecule has 0 radical (unpaired) electrons. The van der Waals surface area contributed by atoms with Crippen LogP contribution in [0.2, 0.25) is 5.02 Å². The number of phenols is 1. The number of rotatable bonds is 5. The molecule has 1 saturated carbocycles. The highest BCUT2D eigenvalue weighted by Gasteiger charge is 2.68. The Balaban J connectivity index is 1.21. The minimum absolute atomic E-state index is 0.120. The summed E-state index contributed by atoms with van der Waals surface area (Å²) in [5.41, 5.74) is 1.16. The molecule has 3 saturated heterocycles. The van der Waals surface area contributed by atoms with Crippen molar-refractivity contribution in [1.82, 2.24) is 0 Å². The summed E-state index contributed by atoms with van der Waals surface area (Å²) in [5, 5.41) is 11.1. The summed E-state index contributed by atoms with van der Waals surface area (Å²) in [6.45, 7) is 4.45. The van der Waals surface area contributed by atoms with Crippen LogP contribution in [-0.4, -0.2) is 62.1 Å². The Labute approximate surface area is 293 Å². The molecule has 4 fully saturated rings. The molecule has 3 aromatic carbocycles. The van der Waals surface area contributed by atoms with Crippen LogP contribution in [0.25, 0.3) is 0 Å². The predicted molar refractivity (Wildman–Crippen MR) is 183 cm³/mol. The monoisotopic (exact) mass is 699 g/mol. The maximum atomic E-state index is 14.6. The fraction of sp³-hybridized carbons (Fsp3) is 0.368. The number of hydrogen-bond donors (Lipinski definition) is 1. The second-order valence-corrected chi connectivity index (χ2v) is 14.2. The number of fused-ring (bicyclic) bond motifs is 4. The average molecular weight is 700 g/mol. The maximum Gasteiger partial charge on any atom is 0.241 e. The molecule has 0 bridgehead atoms. The van der Waals surface area contributed by atoms with E-state index in [1.165, 1.54) is 30.2 Å². The highest BCUT2D eigenvalue weighted by atomic mass is 35.5. The Hall–Kier alpha value is -4.74. The third-order valence-corrected chi connectivity index (χ3v) is 11.8. The first-order valence-corrected chi connectivity index (χ1v) is 17.1. The first-order chi connectivity index (χ1) is 24.1. The van der Waals surface area contributed by atoms with E-state index in [2.05, 4.69) is 4.90 Å². The van der Waals surface area contributed by atoms with Crippen LogP contribution in [0, 0.1) is 34.9 Å². The van der Waals surface area contributed by atoms with Crippen LogP contribution in [0.5, 0.6) is 11.5 Å². The fourth-order valence-corrected chi connectivity index (χ4v) is 9.26.